The maximum atomic E-state index is 11.1. The quantitative estimate of drug-likeness (QED) is 0.592. The minimum atomic E-state index is 0.0408. The summed E-state index contributed by atoms with van der Waals surface area (Å²) in [5, 5.41) is 11.3. The summed E-state index contributed by atoms with van der Waals surface area (Å²) >= 11 is 0. The summed E-state index contributed by atoms with van der Waals surface area (Å²) < 4.78 is 0. The second-order valence-corrected chi connectivity index (χ2v) is 3.38. The van der Waals surface area contributed by atoms with Gasteiger partial charge in [0.1, 0.15) is 0 Å². The number of hydrogen-bond donors (Lipinski definition) is 2. The number of likely N-dealkylation sites (N-methyl/N-ethyl adjacent to an activating group) is 1. The van der Waals surface area contributed by atoms with E-state index in [1.165, 1.54) is 0 Å². The Bertz CT molecular complexity index is 143. The van der Waals surface area contributed by atoms with Gasteiger partial charge in [-0.3, -0.25) is 9.69 Å². The van der Waals surface area contributed by atoms with Crippen LogP contribution < -0.4 is 5.32 Å². The Morgan fingerprint density at radius 2 is 2.00 bits per heavy atom. The van der Waals surface area contributed by atoms with E-state index in [1.807, 2.05) is 0 Å². The number of carbonyl (C=O) groups excluding carboxylic acids is 1. The summed E-state index contributed by atoms with van der Waals surface area (Å²) in [6, 6.07) is 0. The average Bonchev–Trinajstić information content (AvgIpc) is 2.21. The van der Waals surface area contributed by atoms with Crippen LogP contribution in [0, 0.1) is 0 Å². The molecular formula is C10H22N2O2. The van der Waals surface area contributed by atoms with E-state index >= 15 is 0 Å². The van der Waals surface area contributed by atoms with Crippen molar-refractivity contribution in [2.75, 3.05) is 33.3 Å². The highest BCUT2D eigenvalue weighted by Gasteiger charge is 2.07. The van der Waals surface area contributed by atoms with Crippen molar-refractivity contribution in [1.29, 1.82) is 0 Å². The molecule has 0 unspecified atom stereocenters. The Morgan fingerprint density at radius 3 is 2.50 bits per heavy atom. The van der Waals surface area contributed by atoms with Gasteiger partial charge in [-0.2, -0.15) is 0 Å². The van der Waals surface area contributed by atoms with Crippen molar-refractivity contribution in [3.05, 3.63) is 0 Å². The van der Waals surface area contributed by atoms with Crippen LogP contribution >= 0.6 is 0 Å². The second-order valence-electron chi connectivity index (χ2n) is 3.38. The standard InChI is InChI=1S/C10H22N2O2/c1-3-4-6-12(7-5-8-13)9-10(14)11-2/h13H,3-9H2,1-2H3,(H,11,14). The van der Waals surface area contributed by atoms with Gasteiger partial charge in [-0.25, -0.2) is 0 Å². The third-order valence-corrected chi connectivity index (χ3v) is 2.11. The molecule has 0 aromatic carbocycles. The van der Waals surface area contributed by atoms with Crippen molar-refractivity contribution in [3.8, 4) is 0 Å². The monoisotopic (exact) mass is 202 g/mol. The molecule has 84 valence electrons. The molecule has 0 aromatic rings. The lowest BCUT2D eigenvalue weighted by Crippen LogP contribution is -2.37. The van der Waals surface area contributed by atoms with Crippen molar-refractivity contribution >= 4 is 5.91 Å². The third-order valence-electron chi connectivity index (χ3n) is 2.11. The highest BCUT2D eigenvalue weighted by atomic mass is 16.3. The molecule has 2 N–H and O–H groups in total. The summed E-state index contributed by atoms with van der Waals surface area (Å²) in [7, 11) is 1.65. The first-order valence-electron chi connectivity index (χ1n) is 5.28. The number of aliphatic hydroxyl groups is 1. The molecule has 0 saturated heterocycles. The Balaban J connectivity index is 3.77. The van der Waals surface area contributed by atoms with Crippen molar-refractivity contribution < 1.29 is 9.90 Å². The maximum absolute atomic E-state index is 11.1. The number of nitrogens with one attached hydrogen (secondary N) is 1. The predicted molar refractivity (Wildman–Crippen MR) is 57.1 cm³/mol. The highest BCUT2D eigenvalue weighted by Crippen LogP contribution is 1.96. The topological polar surface area (TPSA) is 52.6 Å². The van der Waals surface area contributed by atoms with Crippen molar-refractivity contribution in [2.45, 2.75) is 26.2 Å². The minimum absolute atomic E-state index is 0.0408. The van der Waals surface area contributed by atoms with Crippen LogP contribution in [-0.2, 0) is 4.79 Å². The van der Waals surface area contributed by atoms with Crippen molar-refractivity contribution in [2.24, 2.45) is 0 Å². The first-order chi connectivity index (χ1) is 6.74. The molecule has 0 rings (SSSR count). The molecule has 0 atom stereocenters. The molecule has 0 aliphatic rings. The largest absolute Gasteiger partial charge is 0.396 e. The fraction of sp³-hybridized carbons (Fsp3) is 0.900. The zero-order valence-corrected chi connectivity index (χ0v) is 9.25. The van der Waals surface area contributed by atoms with Gasteiger partial charge in [0.25, 0.3) is 0 Å². The first-order valence-corrected chi connectivity index (χ1v) is 5.28. The highest BCUT2D eigenvalue weighted by molar-refractivity contribution is 5.77. The molecule has 0 spiro atoms. The number of rotatable bonds is 8. The van der Waals surface area contributed by atoms with E-state index in [9.17, 15) is 4.79 Å². The van der Waals surface area contributed by atoms with Gasteiger partial charge in [-0.15, -0.1) is 0 Å². The van der Waals surface area contributed by atoms with E-state index in [2.05, 4.69) is 17.1 Å². The SMILES string of the molecule is CCCCN(CCCO)CC(=O)NC. The smallest absolute Gasteiger partial charge is 0.233 e. The molecule has 4 nitrogen and oxygen atoms in total. The second kappa shape index (κ2) is 8.97. The van der Waals surface area contributed by atoms with E-state index in [-0.39, 0.29) is 12.5 Å². The van der Waals surface area contributed by atoms with Gasteiger partial charge in [-0.1, -0.05) is 13.3 Å². The van der Waals surface area contributed by atoms with Crippen LogP contribution in [0.25, 0.3) is 0 Å². The molecule has 0 aromatic heterocycles. The van der Waals surface area contributed by atoms with E-state index in [1.54, 1.807) is 7.05 Å². The molecule has 0 radical (unpaired) electrons. The molecule has 0 saturated carbocycles. The van der Waals surface area contributed by atoms with Gasteiger partial charge >= 0.3 is 0 Å². The number of nitrogens with zero attached hydrogens (tertiary/aromatic N) is 1. The number of unbranched alkanes of at least 4 members (excludes halogenated alkanes) is 1. The molecule has 0 heterocycles. The predicted octanol–water partition coefficient (Wildman–Crippen LogP) is 0.217. The Kier molecular flexibility index (Phi) is 8.57. The number of hydrogen-bond acceptors (Lipinski definition) is 3. The molecule has 0 fully saturated rings. The van der Waals surface area contributed by atoms with E-state index in [0.717, 1.165) is 32.4 Å². The summed E-state index contributed by atoms with van der Waals surface area (Å²) in [6.45, 7) is 4.49. The molecule has 0 aliphatic heterocycles. The Morgan fingerprint density at radius 1 is 1.36 bits per heavy atom. The molecular weight excluding hydrogens is 180 g/mol. The molecule has 4 heteroatoms. The van der Waals surface area contributed by atoms with Gasteiger partial charge < -0.3 is 10.4 Å². The number of amides is 1. The summed E-state index contributed by atoms with van der Waals surface area (Å²) in [5.74, 6) is 0.0408. The lowest BCUT2D eigenvalue weighted by Gasteiger charge is -2.20. The fourth-order valence-electron chi connectivity index (χ4n) is 1.23. The van der Waals surface area contributed by atoms with Crippen LogP contribution in [0.5, 0.6) is 0 Å². The van der Waals surface area contributed by atoms with Crippen LogP contribution in [0.3, 0.4) is 0 Å². The van der Waals surface area contributed by atoms with Crippen LogP contribution in [0.15, 0.2) is 0 Å². The summed E-state index contributed by atoms with van der Waals surface area (Å²) in [4.78, 5) is 13.2. The van der Waals surface area contributed by atoms with Gasteiger partial charge in [0, 0.05) is 20.2 Å². The molecule has 0 aliphatic carbocycles. The fourth-order valence-corrected chi connectivity index (χ4v) is 1.23. The van der Waals surface area contributed by atoms with Crippen molar-refractivity contribution in [3.63, 3.8) is 0 Å². The van der Waals surface area contributed by atoms with Crippen molar-refractivity contribution in [1.82, 2.24) is 10.2 Å². The van der Waals surface area contributed by atoms with Gasteiger partial charge in [0.2, 0.25) is 5.91 Å². The van der Waals surface area contributed by atoms with Crippen LogP contribution in [0.1, 0.15) is 26.2 Å². The zero-order chi connectivity index (χ0) is 10.8. The lowest BCUT2D eigenvalue weighted by atomic mass is 10.3. The Labute approximate surface area is 86.3 Å². The van der Waals surface area contributed by atoms with Gasteiger partial charge in [0.05, 0.1) is 6.54 Å². The number of carbonyl (C=O) groups is 1. The Hall–Kier alpha value is -0.610. The van der Waals surface area contributed by atoms with Crippen LogP contribution in [-0.4, -0.2) is 49.2 Å². The zero-order valence-electron chi connectivity index (χ0n) is 9.25. The maximum Gasteiger partial charge on any atom is 0.233 e. The van der Waals surface area contributed by atoms with Crippen LogP contribution in [0.4, 0.5) is 0 Å². The average molecular weight is 202 g/mol. The molecule has 14 heavy (non-hydrogen) atoms. The third kappa shape index (κ3) is 6.86. The first kappa shape index (κ1) is 13.4. The minimum Gasteiger partial charge on any atom is -0.396 e. The van der Waals surface area contributed by atoms with E-state index < -0.39 is 0 Å². The summed E-state index contributed by atoms with van der Waals surface area (Å²) in [5.41, 5.74) is 0. The van der Waals surface area contributed by atoms with Crippen LogP contribution in [0.2, 0.25) is 0 Å². The molecule has 1 amide bonds. The summed E-state index contributed by atoms with van der Waals surface area (Å²) in [6.07, 6.45) is 2.96. The van der Waals surface area contributed by atoms with E-state index in [4.69, 9.17) is 5.11 Å². The lowest BCUT2D eigenvalue weighted by molar-refractivity contribution is -0.121. The van der Waals surface area contributed by atoms with Gasteiger partial charge in [-0.05, 0) is 19.4 Å². The molecule has 0 bridgehead atoms. The van der Waals surface area contributed by atoms with Gasteiger partial charge in [0.15, 0.2) is 0 Å². The van der Waals surface area contributed by atoms with E-state index in [0.29, 0.717) is 6.54 Å². The number of aliphatic hydroxyl groups excluding tert-OH is 1. The normalized spacial score (nSPS) is 10.6.